The monoisotopic (exact) mass is 382 g/mol. The zero-order valence-electron chi connectivity index (χ0n) is 10.7. The molecule has 0 saturated heterocycles. The van der Waals surface area contributed by atoms with Gasteiger partial charge in [0, 0.05) is 9.26 Å². The minimum Gasteiger partial charge on any atom is -0.508 e. The van der Waals surface area contributed by atoms with E-state index in [1.807, 2.05) is 24.3 Å². The number of phenolic OH excluding ortho intramolecular Hbond substituents is 1. The minimum absolute atomic E-state index is 0.200. The van der Waals surface area contributed by atoms with E-state index >= 15 is 0 Å². The van der Waals surface area contributed by atoms with Gasteiger partial charge in [0.25, 0.3) is 0 Å². The highest BCUT2D eigenvalue weighted by Crippen LogP contribution is 2.14. The molecule has 0 aliphatic heterocycles. The zero-order valence-corrected chi connectivity index (χ0v) is 12.9. The maximum Gasteiger partial charge on any atom is 0.241 e. The summed E-state index contributed by atoms with van der Waals surface area (Å²) in [5, 5.41) is 12.0. The van der Waals surface area contributed by atoms with Gasteiger partial charge in [0.15, 0.2) is 0 Å². The van der Waals surface area contributed by atoms with E-state index < -0.39 is 6.04 Å². The Bertz CT molecular complexity index is 599. The third-order valence-corrected chi connectivity index (χ3v) is 3.49. The fraction of sp³-hybridized carbons (Fsp3) is 0.133. The molecule has 0 aliphatic carbocycles. The van der Waals surface area contributed by atoms with Gasteiger partial charge in [-0.3, -0.25) is 4.79 Å². The number of hydrogen-bond donors (Lipinski definition) is 3. The van der Waals surface area contributed by atoms with Crippen LogP contribution in [0, 0.1) is 3.57 Å². The highest BCUT2D eigenvalue weighted by molar-refractivity contribution is 14.1. The number of anilines is 1. The normalized spacial score (nSPS) is 11.9. The number of hydrogen-bond acceptors (Lipinski definition) is 3. The molecule has 0 aliphatic rings. The lowest BCUT2D eigenvalue weighted by Gasteiger charge is -2.12. The molecule has 0 spiro atoms. The van der Waals surface area contributed by atoms with Crippen LogP contribution in [0.3, 0.4) is 0 Å². The van der Waals surface area contributed by atoms with Crippen LogP contribution in [0.1, 0.15) is 5.56 Å². The number of aromatic hydroxyl groups is 1. The van der Waals surface area contributed by atoms with Crippen molar-refractivity contribution in [3.63, 3.8) is 0 Å². The molecule has 2 aromatic carbocycles. The Morgan fingerprint density at radius 3 is 2.60 bits per heavy atom. The number of halogens is 1. The summed E-state index contributed by atoms with van der Waals surface area (Å²) in [6.07, 6.45) is 0.427. The highest BCUT2D eigenvalue weighted by Gasteiger charge is 2.14. The molecule has 20 heavy (non-hydrogen) atoms. The van der Waals surface area contributed by atoms with Crippen molar-refractivity contribution in [3.8, 4) is 5.75 Å². The van der Waals surface area contributed by atoms with Crippen LogP contribution >= 0.6 is 22.6 Å². The van der Waals surface area contributed by atoms with Gasteiger partial charge >= 0.3 is 0 Å². The molecular formula is C15H15IN2O2. The second-order valence-corrected chi connectivity index (χ2v) is 5.72. The molecule has 5 heteroatoms. The SMILES string of the molecule is NC(Cc1ccc(O)cc1)C(=O)Nc1cccc(I)c1. The molecule has 1 amide bonds. The quantitative estimate of drug-likeness (QED) is 0.712. The van der Waals surface area contributed by atoms with Crippen LogP contribution in [0.2, 0.25) is 0 Å². The number of phenols is 1. The molecule has 1 unspecified atom stereocenters. The Labute approximate surface area is 131 Å². The number of rotatable bonds is 4. The van der Waals surface area contributed by atoms with Crippen LogP contribution in [-0.4, -0.2) is 17.1 Å². The summed E-state index contributed by atoms with van der Waals surface area (Å²) < 4.78 is 1.05. The Morgan fingerprint density at radius 2 is 1.95 bits per heavy atom. The largest absolute Gasteiger partial charge is 0.508 e. The van der Waals surface area contributed by atoms with E-state index in [-0.39, 0.29) is 11.7 Å². The summed E-state index contributed by atoms with van der Waals surface area (Å²) in [5.41, 5.74) is 7.55. The van der Waals surface area contributed by atoms with Crippen molar-refractivity contribution in [3.05, 3.63) is 57.7 Å². The molecule has 0 aromatic heterocycles. The van der Waals surface area contributed by atoms with Crippen LogP contribution in [0.25, 0.3) is 0 Å². The first kappa shape index (κ1) is 14.8. The van der Waals surface area contributed by atoms with Crippen molar-refractivity contribution in [1.82, 2.24) is 0 Å². The van der Waals surface area contributed by atoms with Crippen LogP contribution in [0.4, 0.5) is 5.69 Å². The summed E-state index contributed by atoms with van der Waals surface area (Å²) in [7, 11) is 0. The third-order valence-electron chi connectivity index (χ3n) is 2.82. The Balaban J connectivity index is 1.96. The molecule has 0 radical (unpaired) electrons. The van der Waals surface area contributed by atoms with Gasteiger partial charge in [-0.25, -0.2) is 0 Å². The second kappa shape index (κ2) is 6.71. The Hall–Kier alpha value is -1.60. The first-order valence-corrected chi connectivity index (χ1v) is 7.22. The summed E-state index contributed by atoms with van der Waals surface area (Å²) in [5.74, 6) is -0.0225. The van der Waals surface area contributed by atoms with Crippen molar-refractivity contribution in [2.45, 2.75) is 12.5 Å². The molecule has 0 fully saturated rings. The van der Waals surface area contributed by atoms with Crippen molar-refractivity contribution >= 4 is 34.2 Å². The maximum atomic E-state index is 12.0. The molecule has 0 bridgehead atoms. The number of carbonyl (C=O) groups excluding carboxylic acids is 1. The number of amides is 1. The van der Waals surface area contributed by atoms with Gasteiger partial charge in [0.1, 0.15) is 5.75 Å². The minimum atomic E-state index is -0.627. The number of carbonyl (C=O) groups is 1. The van der Waals surface area contributed by atoms with E-state index in [0.29, 0.717) is 6.42 Å². The summed E-state index contributed by atoms with van der Waals surface area (Å²) in [4.78, 5) is 12.0. The van der Waals surface area contributed by atoms with Crippen LogP contribution in [0.5, 0.6) is 5.75 Å². The molecular weight excluding hydrogens is 367 g/mol. The highest BCUT2D eigenvalue weighted by atomic mass is 127. The van der Waals surface area contributed by atoms with Crippen LogP contribution in [-0.2, 0) is 11.2 Å². The van der Waals surface area contributed by atoms with Crippen molar-refractivity contribution < 1.29 is 9.90 Å². The van der Waals surface area contributed by atoms with Crippen LogP contribution < -0.4 is 11.1 Å². The topological polar surface area (TPSA) is 75.3 Å². The van der Waals surface area contributed by atoms with Gasteiger partial charge in [0.2, 0.25) is 5.91 Å². The molecule has 104 valence electrons. The van der Waals surface area contributed by atoms with Gasteiger partial charge in [-0.15, -0.1) is 0 Å². The maximum absolute atomic E-state index is 12.0. The van der Waals surface area contributed by atoms with Gasteiger partial charge in [-0.05, 0) is 64.9 Å². The third kappa shape index (κ3) is 4.21. The zero-order chi connectivity index (χ0) is 14.5. The smallest absolute Gasteiger partial charge is 0.241 e. The fourth-order valence-corrected chi connectivity index (χ4v) is 2.32. The molecule has 2 aromatic rings. The van der Waals surface area contributed by atoms with Crippen molar-refractivity contribution in [1.29, 1.82) is 0 Å². The number of nitrogens with two attached hydrogens (primary N) is 1. The lowest BCUT2D eigenvalue weighted by molar-refractivity contribution is -0.117. The van der Waals surface area contributed by atoms with E-state index in [4.69, 9.17) is 5.73 Å². The summed E-state index contributed by atoms with van der Waals surface area (Å²) >= 11 is 2.18. The average molecular weight is 382 g/mol. The predicted octanol–water partition coefficient (Wildman–Crippen LogP) is 2.51. The lowest BCUT2D eigenvalue weighted by Crippen LogP contribution is -2.37. The number of nitrogens with one attached hydrogen (secondary N) is 1. The van der Waals surface area contributed by atoms with Gasteiger partial charge in [0.05, 0.1) is 6.04 Å². The molecule has 0 heterocycles. The molecule has 4 N–H and O–H groups in total. The van der Waals surface area contributed by atoms with E-state index in [1.54, 1.807) is 24.3 Å². The van der Waals surface area contributed by atoms with E-state index in [1.165, 1.54) is 0 Å². The Morgan fingerprint density at radius 1 is 1.25 bits per heavy atom. The molecule has 1 atom stereocenters. The Kier molecular flexibility index (Phi) is 4.97. The number of benzene rings is 2. The predicted molar refractivity (Wildman–Crippen MR) is 87.6 cm³/mol. The molecule has 4 nitrogen and oxygen atoms in total. The molecule has 2 rings (SSSR count). The molecule has 0 saturated carbocycles. The van der Waals surface area contributed by atoms with Crippen LogP contribution in [0.15, 0.2) is 48.5 Å². The average Bonchev–Trinajstić information content (AvgIpc) is 2.41. The van der Waals surface area contributed by atoms with E-state index in [0.717, 1.165) is 14.8 Å². The van der Waals surface area contributed by atoms with Crippen molar-refractivity contribution in [2.75, 3.05) is 5.32 Å². The van der Waals surface area contributed by atoms with Gasteiger partial charge < -0.3 is 16.2 Å². The lowest BCUT2D eigenvalue weighted by atomic mass is 10.1. The summed E-state index contributed by atoms with van der Waals surface area (Å²) in [6.45, 7) is 0. The first-order valence-electron chi connectivity index (χ1n) is 6.14. The van der Waals surface area contributed by atoms with Crippen molar-refractivity contribution in [2.24, 2.45) is 5.73 Å². The standard InChI is InChI=1S/C15H15IN2O2/c16-11-2-1-3-12(9-11)18-15(20)14(17)8-10-4-6-13(19)7-5-10/h1-7,9,14,19H,8,17H2,(H,18,20). The van der Waals surface area contributed by atoms with Gasteiger partial charge in [-0.2, -0.15) is 0 Å². The second-order valence-electron chi connectivity index (χ2n) is 4.48. The first-order chi connectivity index (χ1) is 9.54. The summed E-state index contributed by atoms with van der Waals surface area (Å²) in [6, 6.07) is 13.6. The van der Waals surface area contributed by atoms with Gasteiger partial charge in [-0.1, -0.05) is 18.2 Å². The van der Waals surface area contributed by atoms with E-state index in [2.05, 4.69) is 27.9 Å². The fourth-order valence-electron chi connectivity index (χ4n) is 1.78. The van der Waals surface area contributed by atoms with E-state index in [9.17, 15) is 9.90 Å².